The number of hydrogen-bond donors (Lipinski definition) is 1. The van der Waals surface area contributed by atoms with Crippen LogP contribution < -0.4 is 0 Å². The number of hydrogen-bond acceptors (Lipinski definition) is 1. The zero-order valence-corrected chi connectivity index (χ0v) is 7.67. The lowest BCUT2D eigenvalue weighted by Gasteiger charge is -2.17. The monoisotopic (exact) mass is 154 g/mol. The average Bonchev–Trinajstić information content (AvgIpc) is 2.17. The van der Waals surface area contributed by atoms with E-state index in [0.29, 0.717) is 17.8 Å². The van der Waals surface area contributed by atoms with E-state index in [1.807, 2.05) is 0 Å². The summed E-state index contributed by atoms with van der Waals surface area (Å²) in [4.78, 5) is 0. The molecule has 1 N–H and O–H groups in total. The van der Waals surface area contributed by atoms with Gasteiger partial charge in [0.15, 0.2) is 0 Å². The van der Waals surface area contributed by atoms with Crippen molar-refractivity contribution in [2.75, 3.05) is 0 Å². The first kappa shape index (κ1) is 8.79. The quantitative estimate of drug-likeness (QED) is 0.574. The molecule has 0 aliphatic heterocycles. The first-order valence-electron chi connectivity index (χ1n) is 4.37. The van der Waals surface area contributed by atoms with Gasteiger partial charge >= 0.3 is 0 Å². The normalized spacial score (nSPS) is 44.4. The highest BCUT2D eigenvalue weighted by Crippen LogP contribution is 2.39. The molecule has 0 bridgehead atoms. The summed E-state index contributed by atoms with van der Waals surface area (Å²) in [6.45, 7) is 10.3. The molecule has 1 aliphatic carbocycles. The van der Waals surface area contributed by atoms with Crippen molar-refractivity contribution in [1.82, 2.24) is 0 Å². The second-order valence-electron chi connectivity index (χ2n) is 3.97. The van der Waals surface area contributed by atoms with E-state index >= 15 is 0 Å². The Balaban J connectivity index is 2.67. The van der Waals surface area contributed by atoms with Crippen LogP contribution in [0, 0.1) is 17.8 Å². The smallest absolute Gasteiger partial charge is 0.0574 e. The summed E-state index contributed by atoms with van der Waals surface area (Å²) in [5.41, 5.74) is 1.22. The van der Waals surface area contributed by atoms with Gasteiger partial charge < -0.3 is 5.11 Å². The van der Waals surface area contributed by atoms with Crippen LogP contribution >= 0.6 is 0 Å². The first-order chi connectivity index (χ1) is 5.04. The number of rotatable bonds is 1. The molecule has 1 fully saturated rings. The van der Waals surface area contributed by atoms with Gasteiger partial charge in [-0.05, 0) is 31.1 Å². The summed E-state index contributed by atoms with van der Waals surface area (Å²) in [6, 6.07) is 0. The van der Waals surface area contributed by atoms with E-state index in [1.165, 1.54) is 5.57 Å². The Hall–Kier alpha value is -0.300. The Kier molecular flexibility index (Phi) is 2.38. The number of aliphatic hydroxyl groups excluding tert-OH is 1. The summed E-state index contributed by atoms with van der Waals surface area (Å²) in [5.74, 6) is 1.58. The predicted octanol–water partition coefficient (Wildman–Crippen LogP) is 2.22. The van der Waals surface area contributed by atoms with Crippen molar-refractivity contribution in [3.05, 3.63) is 12.2 Å². The highest BCUT2D eigenvalue weighted by molar-refractivity contribution is 5.04. The van der Waals surface area contributed by atoms with Crippen LogP contribution in [0.3, 0.4) is 0 Å². The number of aliphatic hydroxyl groups is 1. The van der Waals surface area contributed by atoms with Crippen molar-refractivity contribution in [3.63, 3.8) is 0 Å². The van der Waals surface area contributed by atoms with Crippen LogP contribution in [0.15, 0.2) is 12.2 Å². The minimum atomic E-state index is -0.105. The van der Waals surface area contributed by atoms with E-state index < -0.39 is 0 Å². The van der Waals surface area contributed by atoms with Gasteiger partial charge in [-0.15, -0.1) is 0 Å². The van der Waals surface area contributed by atoms with E-state index in [1.54, 1.807) is 0 Å². The molecule has 0 aromatic heterocycles. The van der Waals surface area contributed by atoms with Crippen molar-refractivity contribution >= 4 is 0 Å². The summed E-state index contributed by atoms with van der Waals surface area (Å²) in [5, 5.41) is 9.55. The summed E-state index contributed by atoms with van der Waals surface area (Å²) < 4.78 is 0. The zero-order valence-electron chi connectivity index (χ0n) is 7.67. The second kappa shape index (κ2) is 2.98. The Morgan fingerprint density at radius 2 is 1.91 bits per heavy atom. The Morgan fingerprint density at radius 3 is 2.09 bits per heavy atom. The van der Waals surface area contributed by atoms with Crippen molar-refractivity contribution in [2.24, 2.45) is 17.8 Å². The molecule has 1 aliphatic rings. The molecule has 1 saturated carbocycles. The molecule has 0 saturated heterocycles. The van der Waals surface area contributed by atoms with Gasteiger partial charge in [-0.25, -0.2) is 0 Å². The van der Waals surface area contributed by atoms with Crippen LogP contribution in [-0.2, 0) is 0 Å². The third-order valence-corrected chi connectivity index (χ3v) is 3.20. The molecule has 0 amide bonds. The van der Waals surface area contributed by atoms with E-state index in [2.05, 4.69) is 27.4 Å². The van der Waals surface area contributed by atoms with Gasteiger partial charge in [-0.1, -0.05) is 26.0 Å². The van der Waals surface area contributed by atoms with E-state index in [-0.39, 0.29) is 6.10 Å². The molecule has 0 radical (unpaired) electrons. The lowest BCUT2D eigenvalue weighted by Crippen LogP contribution is -2.13. The van der Waals surface area contributed by atoms with Crippen LogP contribution in [0.1, 0.15) is 27.2 Å². The van der Waals surface area contributed by atoms with Crippen molar-refractivity contribution < 1.29 is 5.11 Å². The van der Waals surface area contributed by atoms with Crippen LogP contribution in [0.4, 0.5) is 0 Å². The van der Waals surface area contributed by atoms with E-state index in [9.17, 15) is 5.11 Å². The van der Waals surface area contributed by atoms with E-state index in [0.717, 1.165) is 6.42 Å². The largest absolute Gasteiger partial charge is 0.393 e. The van der Waals surface area contributed by atoms with Gasteiger partial charge in [0, 0.05) is 0 Å². The molecule has 1 rings (SSSR count). The second-order valence-corrected chi connectivity index (χ2v) is 3.97. The fraction of sp³-hybridized carbons (Fsp3) is 0.800. The molecule has 11 heavy (non-hydrogen) atoms. The van der Waals surface area contributed by atoms with Crippen LogP contribution in [-0.4, -0.2) is 11.2 Å². The van der Waals surface area contributed by atoms with E-state index in [4.69, 9.17) is 0 Å². The minimum Gasteiger partial charge on any atom is -0.393 e. The molecular formula is C10H18O. The lowest BCUT2D eigenvalue weighted by molar-refractivity contribution is 0.130. The van der Waals surface area contributed by atoms with Gasteiger partial charge in [-0.2, -0.15) is 0 Å². The highest BCUT2D eigenvalue weighted by Gasteiger charge is 2.36. The average molecular weight is 154 g/mol. The maximum atomic E-state index is 9.55. The third kappa shape index (κ3) is 1.48. The van der Waals surface area contributed by atoms with Crippen molar-refractivity contribution in [3.8, 4) is 0 Å². The minimum absolute atomic E-state index is 0.105. The maximum absolute atomic E-state index is 9.55. The number of allylic oxidation sites excluding steroid dienone is 1. The van der Waals surface area contributed by atoms with Crippen LogP contribution in [0.2, 0.25) is 0 Å². The molecule has 1 nitrogen and oxygen atoms in total. The molecule has 0 heterocycles. The van der Waals surface area contributed by atoms with Gasteiger partial charge in [0.05, 0.1) is 6.10 Å². The molecule has 1 heteroatoms. The van der Waals surface area contributed by atoms with Crippen LogP contribution in [0.25, 0.3) is 0 Å². The molecule has 4 atom stereocenters. The third-order valence-electron chi connectivity index (χ3n) is 3.20. The van der Waals surface area contributed by atoms with Gasteiger partial charge in [-0.3, -0.25) is 0 Å². The molecule has 0 spiro atoms. The fourth-order valence-corrected chi connectivity index (χ4v) is 2.06. The van der Waals surface area contributed by atoms with Crippen LogP contribution in [0.5, 0.6) is 0 Å². The Morgan fingerprint density at radius 1 is 1.36 bits per heavy atom. The lowest BCUT2D eigenvalue weighted by atomic mass is 9.88. The summed E-state index contributed by atoms with van der Waals surface area (Å²) in [7, 11) is 0. The van der Waals surface area contributed by atoms with Gasteiger partial charge in [0.25, 0.3) is 0 Å². The Bertz CT molecular complexity index is 162. The topological polar surface area (TPSA) is 20.2 Å². The van der Waals surface area contributed by atoms with Gasteiger partial charge in [0.2, 0.25) is 0 Å². The standard InChI is InChI=1S/C10H18O/c1-6(2)9-5-10(11)8(4)7(9)3/h7-11H,1,5H2,2-4H3/t7-,8-,9+,10-/m1/s1. The first-order valence-corrected chi connectivity index (χ1v) is 4.37. The highest BCUT2D eigenvalue weighted by atomic mass is 16.3. The summed E-state index contributed by atoms with van der Waals surface area (Å²) >= 11 is 0. The van der Waals surface area contributed by atoms with Crippen molar-refractivity contribution in [1.29, 1.82) is 0 Å². The molecular weight excluding hydrogens is 136 g/mol. The molecule has 0 aromatic carbocycles. The maximum Gasteiger partial charge on any atom is 0.0574 e. The Labute approximate surface area is 69.1 Å². The van der Waals surface area contributed by atoms with Gasteiger partial charge in [0.1, 0.15) is 0 Å². The molecule has 0 aromatic rings. The predicted molar refractivity (Wildman–Crippen MR) is 47.3 cm³/mol. The molecule has 64 valence electrons. The zero-order chi connectivity index (χ0) is 8.59. The van der Waals surface area contributed by atoms with Crippen molar-refractivity contribution in [2.45, 2.75) is 33.3 Å². The molecule has 0 unspecified atom stereocenters. The summed E-state index contributed by atoms with van der Waals surface area (Å²) in [6.07, 6.45) is 0.809. The fourth-order valence-electron chi connectivity index (χ4n) is 2.06. The SMILES string of the molecule is C=C(C)[C@@H]1C[C@@H](O)[C@H](C)[C@H]1C.